The first-order valence-corrected chi connectivity index (χ1v) is 14.7. The Kier molecular flexibility index (Phi) is 10.2. The minimum absolute atomic E-state index is 0.0329. The number of anilines is 1. The van der Waals surface area contributed by atoms with Crippen LogP contribution in [-0.4, -0.2) is 50.5 Å². The Hall–Kier alpha value is -3.72. The lowest BCUT2D eigenvalue weighted by Gasteiger charge is -2.34. The molecule has 9 heteroatoms. The lowest BCUT2D eigenvalue weighted by Crippen LogP contribution is -2.53. The maximum atomic E-state index is 14.0. The summed E-state index contributed by atoms with van der Waals surface area (Å²) in [5, 5.41) is 2.95. The minimum atomic E-state index is -3.95. The van der Waals surface area contributed by atoms with Gasteiger partial charge in [0, 0.05) is 19.5 Å². The van der Waals surface area contributed by atoms with Gasteiger partial charge in [-0.3, -0.25) is 13.9 Å². The van der Waals surface area contributed by atoms with Gasteiger partial charge in [-0.1, -0.05) is 74.5 Å². The fourth-order valence-electron chi connectivity index (χ4n) is 4.19. The van der Waals surface area contributed by atoms with Crippen LogP contribution in [0.25, 0.3) is 0 Å². The van der Waals surface area contributed by atoms with Gasteiger partial charge in [-0.05, 0) is 47.7 Å². The van der Waals surface area contributed by atoms with Gasteiger partial charge >= 0.3 is 0 Å². The number of amides is 2. The van der Waals surface area contributed by atoms with E-state index in [0.717, 1.165) is 33.3 Å². The minimum Gasteiger partial charge on any atom is -0.354 e. The third-order valence-electron chi connectivity index (χ3n) is 6.33. The molecule has 0 radical (unpaired) electrons. The molecule has 0 aliphatic heterocycles. The van der Waals surface area contributed by atoms with Crippen molar-refractivity contribution in [2.24, 2.45) is 5.92 Å². The van der Waals surface area contributed by atoms with Gasteiger partial charge in [0.2, 0.25) is 21.8 Å². The largest absolute Gasteiger partial charge is 0.354 e. The molecule has 0 bridgehead atoms. The number of rotatable bonds is 12. The van der Waals surface area contributed by atoms with Crippen LogP contribution in [0.1, 0.15) is 30.5 Å². The molecule has 0 aliphatic rings. The number of hydrogen-bond donors (Lipinski definition) is 1. The number of hydrogen-bond acceptors (Lipinski definition) is 4. The van der Waals surface area contributed by atoms with Crippen molar-refractivity contribution in [2.75, 3.05) is 23.7 Å². The predicted molar refractivity (Wildman–Crippen MR) is 152 cm³/mol. The Morgan fingerprint density at radius 1 is 0.949 bits per heavy atom. The Morgan fingerprint density at radius 2 is 1.62 bits per heavy atom. The Balaban J connectivity index is 2.06. The first-order chi connectivity index (χ1) is 18.5. The maximum Gasteiger partial charge on any atom is 0.244 e. The molecule has 3 aromatic rings. The zero-order chi connectivity index (χ0) is 28.6. The van der Waals surface area contributed by atoms with E-state index >= 15 is 0 Å². The fourth-order valence-corrected chi connectivity index (χ4v) is 5.03. The summed E-state index contributed by atoms with van der Waals surface area (Å²) in [6.45, 7) is 5.81. The molecule has 2 amide bonds. The molecule has 0 aromatic heterocycles. The summed E-state index contributed by atoms with van der Waals surface area (Å²) in [5.74, 6) is -1.33. The molecule has 0 unspecified atom stereocenters. The van der Waals surface area contributed by atoms with Gasteiger partial charge in [0.05, 0.1) is 11.9 Å². The summed E-state index contributed by atoms with van der Waals surface area (Å²) >= 11 is 0. The molecular weight excluding hydrogens is 517 g/mol. The SMILES string of the molecule is Cc1ccccc1CN(C(=O)CN(c1cccc(F)c1)S(C)(=O)=O)[C@H](Cc1ccccc1)C(=O)NCC(C)C. The molecule has 0 aliphatic carbocycles. The van der Waals surface area contributed by atoms with Gasteiger partial charge in [0.1, 0.15) is 18.4 Å². The lowest BCUT2D eigenvalue weighted by atomic mass is 10.0. The van der Waals surface area contributed by atoms with E-state index in [1.54, 1.807) is 0 Å². The van der Waals surface area contributed by atoms with Crippen molar-refractivity contribution in [3.8, 4) is 0 Å². The van der Waals surface area contributed by atoms with E-state index in [1.165, 1.54) is 23.1 Å². The molecule has 0 spiro atoms. The summed E-state index contributed by atoms with van der Waals surface area (Å²) < 4.78 is 40.3. The molecule has 39 heavy (non-hydrogen) atoms. The summed E-state index contributed by atoms with van der Waals surface area (Å²) in [6, 6.07) is 21.1. The van der Waals surface area contributed by atoms with Crippen LogP contribution in [0, 0.1) is 18.7 Å². The van der Waals surface area contributed by atoms with Crippen molar-refractivity contribution in [1.82, 2.24) is 10.2 Å². The van der Waals surface area contributed by atoms with Crippen LogP contribution < -0.4 is 9.62 Å². The van der Waals surface area contributed by atoms with Gasteiger partial charge in [0.25, 0.3) is 0 Å². The number of sulfonamides is 1. The average Bonchev–Trinajstić information content (AvgIpc) is 2.88. The van der Waals surface area contributed by atoms with Gasteiger partial charge < -0.3 is 10.2 Å². The monoisotopic (exact) mass is 553 g/mol. The highest BCUT2D eigenvalue weighted by molar-refractivity contribution is 7.92. The van der Waals surface area contributed by atoms with E-state index < -0.39 is 34.3 Å². The molecule has 208 valence electrons. The highest BCUT2D eigenvalue weighted by Crippen LogP contribution is 2.22. The average molecular weight is 554 g/mol. The van der Waals surface area contributed by atoms with Crippen LogP contribution in [0.4, 0.5) is 10.1 Å². The van der Waals surface area contributed by atoms with Crippen molar-refractivity contribution in [3.63, 3.8) is 0 Å². The Labute approximate surface area is 230 Å². The number of halogens is 1. The van der Waals surface area contributed by atoms with E-state index in [4.69, 9.17) is 0 Å². The van der Waals surface area contributed by atoms with E-state index in [0.29, 0.717) is 6.54 Å². The number of carbonyl (C=O) groups excluding carboxylic acids is 2. The smallest absolute Gasteiger partial charge is 0.244 e. The highest BCUT2D eigenvalue weighted by atomic mass is 32.2. The van der Waals surface area contributed by atoms with Crippen molar-refractivity contribution in [3.05, 3.63) is 101 Å². The van der Waals surface area contributed by atoms with Crippen LogP contribution in [0.5, 0.6) is 0 Å². The zero-order valence-corrected chi connectivity index (χ0v) is 23.6. The Bertz CT molecular complexity index is 1380. The molecule has 1 atom stereocenters. The molecule has 7 nitrogen and oxygen atoms in total. The van der Waals surface area contributed by atoms with Crippen LogP contribution in [-0.2, 0) is 32.6 Å². The molecule has 0 fully saturated rings. The molecular formula is C30H36FN3O4S. The highest BCUT2D eigenvalue weighted by Gasteiger charge is 2.33. The van der Waals surface area contributed by atoms with Crippen LogP contribution in [0.15, 0.2) is 78.9 Å². The van der Waals surface area contributed by atoms with Crippen LogP contribution in [0.3, 0.4) is 0 Å². The second-order valence-electron chi connectivity index (χ2n) is 10.0. The quantitative estimate of drug-likeness (QED) is 0.362. The van der Waals surface area contributed by atoms with E-state index in [-0.39, 0.29) is 30.5 Å². The number of nitrogens with one attached hydrogen (secondary N) is 1. The second-order valence-corrected chi connectivity index (χ2v) is 11.9. The van der Waals surface area contributed by atoms with Gasteiger partial charge in [-0.2, -0.15) is 0 Å². The number of carbonyl (C=O) groups is 2. The Morgan fingerprint density at radius 3 is 2.23 bits per heavy atom. The molecule has 0 heterocycles. The lowest BCUT2D eigenvalue weighted by molar-refractivity contribution is -0.140. The first kappa shape index (κ1) is 29.8. The van der Waals surface area contributed by atoms with Gasteiger partial charge in [0.15, 0.2) is 0 Å². The molecule has 0 saturated carbocycles. The van der Waals surface area contributed by atoms with Crippen molar-refractivity contribution in [2.45, 2.75) is 39.8 Å². The third kappa shape index (κ3) is 8.64. The third-order valence-corrected chi connectivity index (χ3v) is 7.47. The van der Waals surface area contributed by atoms with E-state index in [1.807, 2.05) is 75.4 Å². The van der Waals surface area contributed by atoms with Crippen molar-refractivity contribution in [1.29, 1.82) is 0 Å². The number of aryl methyl sites for hydroxylation is 1. The van der Waals surface area contributed by atoms with Gasteiger partial charge in [-0.25, -0.2) is 12.8 Å². The standard InChI is InChI=1S/C30H36FN3O4S/c1-22(2)19-32-30(36)28(17-24-12-6-5-7-13-24)33(20-25-14-9-8-11-23(25)3)29(35)21-34(39(4,37)38)27-16-10-15-26(31)18-27/h5-16,18,22,28H,17,19-21H2,1-4H3,(H,32,36)/t28-/m1/s1. The second kappa shape index (κ2) is 13.4. The maximum absolute atomic E-state index is 14.0. The van der Waals surface area contributed by atoms with E-state index in [9.17, 15) is 22.4 Å². The zero-order valence-electron chi connectivity index (χ0n) is 22.8. The molecule has 0 saturated heterocycles. The molecule has 1 N–H and O–H groups in total. The van der Waals surface area contributed by atoms with Crippen LogP contribution in [0.2, 0.25) is 0 Å². The first-order valence-electron chi connectivity index (χ1n) is 12.8. The number of nitrogens with zero attached hydrogens (tertiary/aromatic N) is 2. The topological polar surface area (TPSA) is 86.8 Å². The van der Waals surface area contributed by atoms with E-state index in [2.05, 4.69) is 5.32 Å². The predicted octanol–water partition coefficient (Wildman–Crippen LogP) is 4.31. The molecule has 3 aromatic carbocycles. The summed E-state index contributed by atoms with van der Waals surface area (Å²) in [4.78, 5) is 29.0. The van der Waals surface area contributed by atoms with Crippen molar-refractivity contribution >= 4 is 27.5 Å². The normalized spacial score (nSPS) is 12.2. The van der Waals surface area contributed by atoms with Gasteiger partial charge in [-0.15, -0.1) is 0 Å². The summed E-state index contributed by atoms with van der Waals surface area (Å²) in [5.41, 5.74) is 2.65. The fraction of sp³-hybridized carbons (Fsp3) is 0.333. The number of benzene rings is 3. The van der Waals surface area contributed by atoms with Crippen LogP contribution >= 0.6 is 0 Å². The molecule has 3 rings (SSSR count). The summed E-state index contributed by atoms with van der Waals surface area (Å²) in [7, 11) is -3.95. The summed E-state index contributed by atoms with van der Waals surface area (Å²) in [6.07, 6.45) is 1.20. The van der Waals surface area contributed by atoms with Crippen molar-refractivity contribution < 1.29 is 22.4 Å².